The fraction of sp³-hybridized carbons (Fsp3) is 0.167. The van der Waals surface area contributed by atoms with E-state index in [0.29, 0.717) is 6.61 Å². The van der Waals surface area contributed by atoms with Gasteiger partial charge in [0.25, 0.3) is 0 Å². The zero-order valence-electron chi connectivity index (χ0n) is 7.71. The third-order valence-electron chi connectivity index (χ3n) is 1.52. The maximum Gasteiger partial charge on any atom is 0.135 e. The molecule has 0 amide bonds. The Balaban J connectivity index is 2.77. The van der Waals surface area contributed by atoms with Crippen molar-refractivity contribution in [3.63, 3.8) is 0 Å². The Hall–Kier alpha value is -1.68. The van der Waals surface area contributed by atoms with Gasteiger partial charge in [0.15, 0.2) is 0 Å². The summed E-state index contributed by atoms with van der Waals surface area (Å²) in [5, 5.41) is 0. The molecule has 0 N–H and O–H groups in total. The molecular formula is C12H12O. The van der Waals surface area contributed by atoms with Crippen molar-refractivity contribution in [1.29, 1.82) is 0 Å². The lowest BCUT2D eigenvalue weighted by atomic mass is 10.2. The highest BCUT2D eigenvalue weighted by Gasteiger charge is 1.98. The molecule has 1 nitrogen and oxygen atoms in total. The van der Waals surface area contributed by atoms with Crippen molar-refractivity contribution in [3.05, 3.63) is 42.0 Å². The first-order valence-corrected chi connectivity index (χ1v) is 4.07. The van der Waals surface area contributed by atoms with Crippen LogP contribution in [0.1, 0.15) is 12.5 Å². The lowest BCUT2D eigenvalue weighted by Crippen LogP contribution is -1.98. The average molecular weight is 172 g/mol. The predicted octanol–water partition coefficient (Wildman–Crippen LogP) is 2.62. The Morgan fingerprint density at radius 2 is 2.23 bits per heavy atom. The van der Waals surface area contributed by atoms with E-state index < -0.39 is 0 Å². The zero-order valence-corrected chi connectivity index (χ0v) is 7.71. The van der Waals surface area contributed by atoms with E-state index in [1.165, 1.54) is 0 Å². The van der Waals surface area contributed by atoms with Gasteiger partial charge in [-0.1, -0.05) is 24.6 Å². The van der Waals surface area contributed by atoms with Crippen LogP contribution in [-0.2, 0) is 0 Å². The molecule has 0 aliphatic carbocycles. The predicted molar refractivity (Wildman–Crippen MR) is 54.7 cm³/mol. The summed E-state index contributed by atoms with van der Waals surface area (Å²) in [6, 6.07) is 7.50. The molecular weight excluding hydrogens is 160 g/mol. The van der Waals surface area contributed by atoms with E-state index in [1.807, 2.05) is 31.2 Å². The molecule has 0 bridgehead atoms. The molecule has 0 heterocycles. The largest absolute Gasteiger partial charge is 0.488 e. The van der Waals surface area contributed by atoms with Gasteiger partial charge >= 0.3 is 0 Å². The molecule has 66 valence electrons. The minimum atomic E-state index is 0.513. The van der Waals surface area contributed by atoms with Crippen LogP contribution in [0.25, 0.3) is 0 Å². The first kappa shape index (κ1) is 9.41. The maximum atomic E-state index is 5.45. The van der Waals surface area contributed by atoms with Crippen LogP contribution in [0.4, 0.5) is 0 Å². The summed E-state index contributed by atoms with van der Waals surface area (Å²) in [5.41, 5.74) is 1.76. The average Bonchev–Trinajstić information content (AvgIpc) is 2.15. The van der Waals surface area contributed by atoms with Crippen molar-refractivity contribution < 1.29 is 4.74 Å². The molecule has 0 aliphatic rings. The quantitative estimate of drug-likeness (QED) is 0.503. The second-order valence-corrected chi connectivity index (χ2v) is 2.89. The number of hydrogen-bond acceptors (Lipinski definition) is 1. The minimum absolute atomic E-state index is 0.513. The summed E-state index contributed by atoms with van der Waals surface area (Å²) >= 11 is 0. The van der Waals surface area contributed by atoms with Crippen LogP contribution in [-0.4, -0.2) is 6.61 Å². The summed E-state index contributed by atoms with van der Waals surface area (Å²) in [6.07, 6.45) is 5.30. The number of para-hydroxylation sites is 1. The van der Waals surface area contributed by atoms with Gasteiger partial charge in [0, 0.05) is 0 Å². The van der Waals surface area contributed by atoms with Crippen molar-refractivity contribution in [2.45, 2.75) is 6.92 Å². The lowest BCUT2D eigenvalue weighted by Gasteiger charge is -2.06. The summed E-state index contributed by atoms with van der Waals surface area (Å²) in [4.78, 5) is 0. The second-order valence-electron chi connectivity index (χ2n) is 2.89. The van der Waals surface area contributed by atoms with Crippen LogP contribution in [0.2, 0.25) is 0 Å². The van der Waals surface area contributed by atoms with Crippen LogP contribution < -0.4 is 4.74 Å². The van der Waals surface area contributed by atoms with Crippen LogP contribution >= 0.6 is 0 Å². The summed E-state index contributed by atoms with van der Waals surface area (Å²) in [5.74, 6) is 3.31. The number of rotatable bonds is 3. The van der Waals surface area contributed by atoms with Gasteiger partial charge in [-0.2, -0.15) is 0 Å². The Kier molecular flexibility index (Phi) is 3.16. The first-order valence-electron chi connectivity index (χ1n) is 4.07. The van der Waals surface area contributed by atoms with E-state index in [9.17, 15) is 0 Å². The second kappa shape index (κ2) is 4.37. The van der Waals surface area contributed by atoms with Crippen LogP contribution in [0.5, 0.6) is 5.75 Å². The molecule has 13 heavy (non-hydrogen) atoms. The zero-order chi connectivity index (χ0) is 9.68. The Bertz CT molecular complexity index is 344. The molecule has 1 aromatic rings. The van der Waals surface area contributed by atoms with Crippen molar-refractivity contribution in [2.24, 2.45) is 0 Å². The van der Waals surface area contributed by atoms with Crippen LogP contribution in [0, 0.1) is 12.3 Å². The molecule has 0 saturated carbocycles. The van der Waals surface area contributed by atoms with Gasteiger partial charge in [-0.3, -0.25) is 0 Å². The molecule has 0 radical (unpaired) electrons. The van der Waals surface area contributed by atoms with E-state index in [1.54, 1.807) is 0 Å². The Morgan fingerprint density at radius 3 is 2.85 bits per heavy atom. The van der Waals surface area contributed by atoms with Crippen LogP contribution in [0.15, 0.2) is 36.4 Å². The third-order valence-corrected chi connectivity index (χ3v) is 1.52. The van der Waals surface area contributed by atoms with Gasteiger partial charge in [0.1, 0.15) is 12.4 Å². The molecule has 0 aromatic heterocycles. The Morgan fingerprint density at radius 1 is 1.54 bits per heavy atom. The van der Waals surface area contributed by atoms with Crippen molar-refractivity contribution in [1.82, 2.24) is 0 Å². The molecule has 0 atom stereocenters. The van der Waals surface area contributed by atoms with Crippen molar-refractivity contribution >= 4 is 0 Å². The number of terminal acetylenes is 1. The summed E-state index contributed by atoms with van der Waals surface area (Å²) in [6.45, 7) is 6.18. The van der Waals surface area contributed by atoms with Gasteiger partial charge in [0.05, 0.1) is 5.56 Å². The normalized spacial score (nSPS) is 8.92. The van der Waals surface area contributed by atoms with E-state index in [2.05, 4.69) is 12.5 Å². The molecule has 1 aromatic carbocycles. The molecule has 0 spiro atoms. The standard InChI is InChI=1S/C12H12O/c1-4-11-7-5-6-8-12(11)13-9-10(2)3/h1,5-8H,2,9H2,3H3. The first-order chi connectivity index (χ1) is 6.24. The van der Waals surface area contributed by atoms with E-state index >= 15 is 0 Å². The molecule has 1 rings (SSSR count). The fourth-order valence-corrected chi connectivity index (χ4v) is 0.913. The molecule has 1 heteroatoms. The van der Waals surface area contributed by atoms with Crippen LogP contribution in [0.3, 0.4) is 0 Å². The summed E-state index contributed by atoms with van der Waals surface area (Å²) < 4.78 is 5.45. The van der Waals surface area contributed by atoms with E-state index in [4.69, 9.17) is 11.2 Å². The third kappa shape index (κ3) is 2.68. The minimum Gasteiger partial charge on any atom is -0.488 e. The Labute approximate surface area is 79.0 Å². The van der Waals surface area contributed by atoms with E-state index in [-0.39, 0.29) is 0 Å². The van der Waals surface area contributed by atoms with Gasteiger partial charge in [-0.15, -0.1) is 6.42 Å². The number of ether oxygens (including phenoxy) is 1. The maximum absolute atomic E-state index is 5.45. The smallest absolute Gasteiger partial charge is 0.135 e. The van der Waals surface area contributed by atoms with E-state index in [0.717, 1.165) is 16.9 Å². The van der Waals surface area contributed by atoms with Gasteiger partial charge in [-0.05, 0) is 24.6 Å². The SMILES string of the molecule is C#Cc1ccccc1OCC(=C)C. The highest BCUT2D eigenvalue weighted by atomic mass is 16.5. The lowest BCUT2D eigenvalue weighted by molar-refractivity contribution is 0.352. The van der Waals surface area contributed by atoms with Crippen molar-refractivity contribution in [2.75, 3.05) is 6.61 Å². The van der Waals surface area contributed by atoms with Gasteiger partial charge in [0.2, 0.25) is 0 Å². The highest BCUT2D eigenvalue weighted by Crippen LogP contribution is 2.16. The van der Waals surface area contributed by atoms with Gasteiger partial charge < -0.3 is 4.74 Å². The molecule has 0 unspecified atom stereocenters. The number of hydrogen-bond donors (Lipinski definition) is 0. The fourth-order valence-electron chi connectivity index (χ4n) is 0.913. The summed E-state index contributed by atoms with van der Waals surface area (Å²) in [7, 11) is 0. The van der Waals surface area contributed by atoms with Crippen molar-refractivity contribution in [3.8, 4) is 18.1 Å². The van der Waals surface area contributed by atoms with Gasteiger partial charge in [-0.25, -0.2) is 0 Å². The monoisotopic (exact) mass is 172 g/mol. The molecule has 0 fully saturated rings. The highest BCUT2D eigenvalue weighted by molar-refractivity contribution is 5.44. The number of benzene rings is 1. The topological polar surface area (TPSA) is 9.23 Å². The molecule has 0 aliphatic heterocycles. The molecule has 0 saturated heterocycles.